The Bertz CT molecular complexity index is 1180. The molecule has 2 aliphatic heterocycles. The Balaban J connectivity index is 1.41. The van der Waals surface area contributed by atoms with Gasteiger partial charge in [-0.25, -0.2) is 9.59 Å². The number of benzene rings is 2. The Labute approximate surface area is 209 Å². The van der Waals surface area contributed by atoms with Crippen LogP contribution >= 0.6 is 0 Å². The number of carbonyl (C=O) groups excluding carboxylic acids is 2. The largest absolute Gasteiger partial charge is 0.480 e. The normalized spacial score (nSPS) is 20.9. The zero-order valence-corrected chi connectivity index (χ0v) is 19.6. The predicted octanol–water partition coefficient (Wildman–Crippen LogP) is 3.68. The lowest BCUT2D eigenvalue weighted by Gasteiger charge is -2.45. The first kappa shape index (κ1) is 23.5. The van der Waals surface area contributed by atoms with Gasteiger partial charge in [-0.15, -0.1) is 0 Å². The first-order valence-corrected chi connectivity index (χ1v) is 12.0. The van der Waals surface area contributed by atoms with Crippen LogP contribution in [0.25, 0.3) is 0 Å². The van der Waals surface area contributed by atoms with E-state index < -0.39 is 30.1 Å². The van der Waals surface area contributed by atoms with Gasteiger partial charge >= 0.3 is 12.1 Å². The Morgan fingerprint density at radius 1 is 0.944 bits per heavy atom. The number of hydrogen-bond acceptors (Lipinski definition) is 5. The van der Waals surface area contributed by atoms with Crippen molar-refractivity contribution >= 4 is 18.0 Å². The fourth-order valence-corrected chi connectivity index (χ4v) is 5.40. The van der Waals surface area contributed by atoms with Crippen molar-refractivity contribution in [3.05, 3.63) is 102 Å². The molecule has 3 aromatic rings. The van der Waals surface area contributed by atoms with E-state index >= 15 is 0 Å². The molecule has 1 aromatic heterocycles. The van der Waals surface area contributed by atoms with Crippen molar-refractivity contribution in [3.63, 3.8) is 0 Å². The third-order valence-electron chi connectivity index (χ3n) is 7.00. The number of pyridine rings is 1. The van der Waals surface area contributed by atoms with Crippen LogP contribution in [0.15, 0.2) is 85.2 Å². The lowest BCUT2D eigenvalue weighted by molar-refractivity contribution is -0.156. The highest BCUT2D eigenvalue weighted by Gasteiger charge is 2.54. The van der Waals surface area contributed by atoms with Gasteiger partial charge in [0.2, 0.25) is 5.91 Å². The summed E-state index contributed by atoms with van der Waals surface area (Å²) in [6.07, 6.45) is 3.80. The molecule has 8 nitrogen and oxygen atoms in total. The molecule has 1 N–H and O–H groups in total. The maximum Gasteiger partial charge on any atom is 0.410 e. The van der Waals surface area contributed by atoms with E-state index in [9.17, 15) is 19.5 Å². The summed E-state index contributed by atoms with van der Waals surface area (Å²) >= 11 is 0. The van der Waals surface area contributed by atoms with Crippen LogP contribution in [-0.4, -0.2) is 62.5 Å². The predicted molar refractivity (Wildman–Crippen MR) is 131 cm³/mol. The van der Waals surface area contributed by atoms with E-state index in [4.69, 9.17) is 4.74 Å². The molecule has 5 rings (SSSR count). The molecule has 0 saturated carbocycles. The van der Waals surface area contributed by atoms with Gasteiger partial charge in [0, 0.05) is 24.5 Å². The van der Waals surface area contributed by atoms with Crippen molar-refractivity contribution < 1.29 is 24.2 Å². The molecule has 0 unspecified atom stereocenters. The molecule has 0 spiro atoms. The van der Waals surface area contributed by atoms with Gasteiger partial charge in [0.25, 0.3) is 0 Å². The molecule has 2 fully saturated rings. The molecule has 2 aliphatic rings. The van der Waals surface area contributed by atoms with Crippen molar-refractivity contribution in [1.82, 2.24) is 14.8 Å². The quantitative estimate of drug-likeness (QED) is 0.572. The van der Waals surface area contributed by atoms with Gasteiger partial charge in [-0.3, -0.25) is 14.7 Å². The number of carboxylic acid groups (broad SMARTS) is 1. The molecule has 0 radical (unpaired) electrons. The van der Waals surface area contributed by atoms with Crippen LogP contribution in [0.5, 0.6) is 0 Å². The minimum atomic E-state index is -1.16. The lowest BCUT2D eigenvalue weighted by atomic mass is 9.88. The first-order chi connectivity index (χ1) is 17.5. The number of hydrogen-bond donors (Lipinski definition) is 1. The van der Waals surface area contributed by atoms with Crippen molar-refractivity contribution in [2.45, 2.75) is 43.5 Å². The highest BCUT2D eigenvalue weighted by atomic mass is 16.6. The van der Waals surface area contributed by atoms with E-state index in [1.165, 1.54) is 9.80 Å². The molecular weight excluding hydrogens is 458 g/mol. The summed E-state index contributed by atoms with van der Waals surface area (Å²) in [7, 11) is 0. The van der Waals surface area contributed by atoms with Crippen LogP contribution in [0.2, 0.25) is 0 Å². The maximum absolute atomic E-state index is 14.0. The summed E-state index contributed by atoms with van der Waals surface area (Å²) in [6, 6.07) is 20.2. The number of rotatable bonds is 6. The monoisotopic (exact) mass is 485 g/mol. The molecule has 2 bridgehead atoms. The van der Waals surface area contributed by atoms with Crippen molar-refractivity contribution in [2.75, 3.05) is 6.54 Å². The van der Waals surface area contributed by atoms with E-state index in [0.717, 1.165) is 16.7 Å². The number of piperazine rings is 1. The van der Waals surface area contributed by atoms with Gasteiger partial charge in [0.05, 0.1) is 18.0 Å². The van der Waals surface area contributed by atoms with Crippen molar-refractivity contribution in [1.29, 1.82) is 0 Å². The highest BCUT2D eigenvalue weighted by molar-refractivity contribution is 5.92. The number of carboxylic acids is 1. The average Bonchev–Trinajstić information content (AvgIpc) is 3.21. The van der Waals surface area contributed by atoms with E-state index in [1.807, 2.05) is 60.7 Å². The summed E-state index contributed by atoms with van der Waals surface area (Å²) in [5.41, 5.74) is 2.34. The lowest BCUT2D eigenvalue weighted by Crippen LogP contribution is -2.65. The van der Waals surface area contributed by atoms with Gasteiger partial charge in [0.15, 0.2) is 0 Å². The molecule has 2 saturated heterocycles. The van der Waals surface area contributed by atoms with E-state index in [0.29, 0.717) is 12.8 Å². The molecule has 8 heteroatoms. The van der Waals surface area contributed by atoms with Crippen LogP contribution in [0, 0.1) is 0 Å². The fraction of sp³-hybridized carbons (Fsp3) is 0.286. The molecule has 3 heterocycles. The van der Waals surface area contributed by atoms with Crippen LogP contribution in [-0.2, 0) is 20.9 Å². The number of likely N-dealkylation sites (tertiary alicyclic amines) is 1. The molecular formula is C28H27N3O5. The Morgan fingerprint density at radius 3 is 2.19 bits per heavy atom. The summed E-state index contributed by atoms with van der Waals surface area (Å²) in [4.78, 5) is 46.6. The van der Waals surface area contributed by atoms with Crippen LogP contribution in [0.3, 0.4) is 0 Å². The standard InChI is InChI=1S/C28H27N3O5/c32-26(24(20-9-3-1-4-10-20)21-11-5-2-6-12-21)30-17-22-13-14-23(25(30)27(33)34)31(22)28(35)36-18-19-8-7-15-29-16-19/h1-12,15-16,22-25H,13-14,17-18H2,(H,33,34)/t22-,23+,25-/m0/s1. The van der Waals surface area contributed by atoms with Gasteiger partial charge in [-0.2, -0.15) is 0 Å². The Morgan fingerprint density at radius 2 is 1.61 bits per heavy atom. The number of fused-ring (bicyclic) bond motifs is 2. The van der Waals surface area contributed by atoms with E-state index in [2.05, 4.69) is 4.98 Å². The zero-order chi connectivity index (χ0) is 25.1. The summed E-state index contributed by atoms with van der Waals surface area (Å²) in [5, 5.41) is 10.2. The molecule has 36 heavy (non-hydrogen) atoms. The number of aliphatic carboxylic acids is 1. The SMILES string of the molecule is O=C(O)[C@@H]1[C@H]2CC[C@@H](CN1C(=O)C(c1ccccc1)c1ccccc1)N2C(=O)OCc1cccnc1. The summed E-state index contributed by atoms with van der Waals surface area (Å²) in [5.74, 6) is -2.04. The molecule has 3 atom stereocenters. The van der Waals surface area contributed by atoms with Crippen LogP contribution in [0.1, 0.15) is 35.4 Å². The number of carbonyl (C=O) groups is 3. The van der Waals surface area contributed by atoms with E-state index in [-0.39, 0.29) is 25.1 Å². The Hall–Kier alpha value is -4.20. The second kappa shape index (κ2) is 10.2. The minimum Gasteiger partial charge on any atom is -0.480 e. The topological polar surface area (TPSA) is 100 Å². The number of ether oxygens (including phenoxy) is 1. The minimum absolute atomic E-state index is 0.0487. The number of nitrogens with zero attached hydrogens (tertiary/aromatic N) is 3. The molecule has 2 amide bonds. The Kier molecular flexibility index (Phi) is 6.66. The first-order valence-electron chi connectivity index (χ1n) is 12.0. The van der Waals surface area contributed by atoms with Crippen LogP contribution < -0.4 is 0 Å². The molecule has 2 aromatic carbocycles. The van der Waals surface area contributed by atoms with Crippen molar-refractivity contribution in [2.24, 2.45) is 0 Å². The highest BCUT2D eigenvalue weighted by Crippen LogP contribution is 2.38. The third-order valence-corrected chi connectivity index (χ3v) is 7.00. The maximum atomic E-state index is 14.0. The van der Waals surface area contributed by atoms with E-state index in [1.54, 1.807) is 24.5 Å². The molecule has 184 valence electrons. The second-order valence-electron chi connectivity index (χ2n) is 9.15. The van der Waals surface area contributed by atoms with Gasteiger partial charge in [-0.1, -0.05) is 66.7 Å². The number of aromatic nitrogens is 1. The summed E-state index contributed by atoms with van der Waals surface area (Å²) < 4.78 is 5.51. The number of amides is 2. The van der Waals surface area contributed by atoms with Crippen molar-refractivity contribution in [3.8, 4) is 0 Å². The third kappa shape index (κ3) is 4.54. The summed E-state index contributed by atoms with van der Waals surface area (Å²) in [6.45, 7) is 0.192. The van der Waals surface area contributed by atoms with Gasteiger partial charge in [-0.05, 0) is 30.0 Å². The smallest absolute Gasteiger partial charge is 0.410 e. The van der Waals surface area contributed by atoms with Gasteiger partial charge < -0.3 is 14.7 Å². The molecule has 0 aliphatic carbocycles. The second-order valence-corrected chi connectivity index (χ2v) is 9.15. The van der Waals surface area contributed by atoms with Gasteiger partial charge in [0.1, 0.15) is 12.6 Å². The fourth-order valence-electron chi connectivity index (χ4n) is 5.40. The zero-order valence-electron chi connectivity index (χ0n) is 19.6. The average molecular weight is 486 g/mol. The van der Waals surface area contributed by atoms with Crippen LogP contribution in [0.4, 0.5) is 4.79 Å².